The van der Waals surface area contributed by atoms with Crippen molar-refractivity contribution < 1.29 is 14.9 Å². The van der Waals surface area contributed by atoms with Gasteiger partial charge in [-0.3, -0.25) is 18.9 Å². The molecule has 3 aromatic rings. The Morgan fingerprint density at radius 3 is 2.86 bits per heavy atom. The van der Waals surface area contributed by atoms with Crippen molar-refractivity contribution >= 4 is 11.3 Å². The first-order valence-corrected chi connectivity index (χ1v) is 9.52. The van der Waals surface area contributed by atoms with E-state index >= 15 is 0 Å². The molecule has 4 rings (SSSR count). The summed E-state index contributed by atoms with van der Waals surface area (Å²) in [6, 6.07) is 5.03. The normalized spacial score (nSPS) is 24.6. The highest BCUT2D eigenvalue weighted by Gasteiger charge is 2.43. The molecule has 1 aliphatic heterocycles. The number of aromatic amines is 1. The van der Waals surface area contributed by atoms with Crippen LogP contribution in [0, 0.1) is 0 Å². The molecular weight excluding hydrogens is 386 g/mol. The van der Waals surface area contributed by atoms with Crippen molar-refractivity contribution in [2.75, 3.05) is 6.54 Å². The van der Waals surface area contributed by atoms with E-state index in [9.17, 15) is 19.8 Å². The Labute approximate surface area is 162 Å². The molecule has 10 nitrogen and oxygen atoms in total. The number of hydrogen-bond acceptors (Lipinski definition) is 8. The minimum absolute atomic E-state index is 0.260. The number of nitrogens with one attached hydrogen (secondary N) is 2. The topological polar surface area (TPSA) is 134 Å². The predicted octanol–water partition coefficient (Wildman–Crippen LogP) is -0.807. The van der Waals surface area contributed by atoms with E-state index in [0.29, 0.717) is 6.54 Å². The van der Waals surface area contributed by atoms with Crippen molar-refractivity contribution in [1.29, 1.82) is 0 Å². The van der Waals surface area contributed by atoms with E-state index in [1.165, 1.54) is 17.5 Å². The second kappa shape index (κ2) is 7.81. The third-order valence-corrected chi connectivity index (χ3v) is 5.34. The van der Waals surface area contributed by atoms with Crippen molar-refractivity contribution in [3.8, 4) is 5.13 Å². The first-order chi connectivity index (χ1) is 13.5. The highest BCUT2D eigenvalue weighted by Crippen LogP contribution is 2.27. The summed E-state index contributed by atoms with van der Waals surface area (Å²) < 4.78 is 8.69. The van der Waals surface area contributed by atoms with Gasteiger partial charge in [-0.25, -0.2) is 9.78 Å². The fourth-order valence-corrected chi connectivity index (χ4v) is 3.84. The van der Waals surface area contributed by atoms with Crippen LogP contribution < -0.4 is 16.6 Å². The molecule has 11 heteroatoms. The Kier molecular flexibility index (Phi) is 5.24. The first kappa shape index (κ1) is 18.8. The molecule has 28 heavy (non-hydrogen) atoms. The Hall–Kier alpha value is -2.57. The van der Waals surface area contributed by atoms with Gasteiger partial charge in [0.1, 0.15) is 18.3 Å². The molecule has 0 radical (unpaired) electrons. The molecule has 1 aliphatic rings. The van der Waals surface area contributed by atoms with Crippen LogP contribution in [0.3, 0.4) is 0 Å². The van der Waals surface area contributed by atoms with Crippen molar-refractivity contribution in [2.45, 2.75) is 31.1 Å². The van der Waals surface area contributed by atoms with Crippen LogP contribution in [-0.4, -0.2) is 54.2 Å². The highest BCUT2D eigenvalue weighted by molar-refractivity contribution is 7.12. The average Bonchev–Trinajstić information content (AvgIpc) is 3.39. The lowest BCUT2D eigenvalue weighted by molar-refractivity contribution is -0.0392. The van der Waals surface area contributed by atoms with Crippen LogP contribution in [0.5, 0.6) is 0 Å². The third kappa shape index (κ3) is 3.57. The molecule has 0 aliphatic carbocycles. The molecule has 148 valence electrons. The number of ether oxygens (including phenoxy) is 1. The number of aliphatic hydroxyl groups excluding tert-OH is 2. The summed E-state index contributed by atoms with van der Waals surface area (Å²) in [6.45, 7) is 0.758. The van der Waals surface area contributed by atoms with Gasteiger partial charge < -0.3 is 20.3 Å². The van der Waals surface area contributed by atoms with Gasteiger partial charge in [-0.1, -0.05) is 0 Å². The van der Waals surface area contributed by atoms with Crippen molar-refractivity contribution in [3.63, 3.8) is 0 Å². The van der Waals surface area contributed by atoms with E-state index in [0.717, 1.165) is 21.5 Å². The zero-order valence-electron chi connectivity index (χ0n) is 14.6. The SMILES string of the molecule is O=c1ccn([C@@H]2O[C@H](CNCc3cccn3-c3nccs3)[C@@H](O)[C@H]2O)c(=O)[nH]1. The lowest BCUT2D eigenvalue weighted by atomic mass is 10.1. The van der Waals surface area contributed by atoms with Gasteiger partial charge >= 0.3 is 5.69 Å². The summed E-state index contributed by atoms with van der Waals surface area (Å²) in [5, 5.41) is 26.5. The smallest absolute Gasteiger partial charge is 0.330 e. The maximum Gasteiger partial charge on any atom is 0.330 e. The van der Waals surface area contributed by atoms with E-state index in [1.54, 1.807) is 6.20 Å². The quantitative estimate of drug-likeness (QED) is 0.421. The maximum absolute atomic E-state index is 11.9. The molecule has 1 fully saturated rings. The number of rotatable bonds is 6. The predicted molar refractivity (Wildman–Crippen MR) is 100 cm³/mol. The molecule has 0 spiro atoms. The summed E-state index contributed by atoms with van der Waals surface area (Å²) in [7, 11) is 0. The van der Waals surface area contributed by atoms with Crippen LogP contribution in [0.4, 0.5) is 0 Å². The fourth-order valence-electron chi connectivity index (χ4n) is 3.18. The largest absolute Gasteiger partial charge is 0.387 e. The molecule has 0 amide bonds. The Morgan fingerprint density at radius 2 is 2.11 bits per heavy atom. The molecule has 4 atom stereocenters. The van der Waals surface area contributed by atoms with Gasteiger partial charge in [0.05, 0.1) is 0 Å². The second-order valence-electron chi connectivity index (χ2n) is 6.38. The molecule has 4 N–H and O–H groups in total. The van der Waals surface area contributed by atoms with Crippen LogP contribution in [0.1, 0.15) is 11.9 Å². The minimum Gasteiger partial charge on any atom is -0.387 e. The van der Waals surface area contributed by atoms with Gasteiger partial charge in [0.2, 0.25) is 0 Å². The Morgan fingerprint density at radius 1 is 1.25 bits per heavy atom. The molecular formula is C17H19N5O5S. The molecule has 0 bridgehead atoms. The Bertz CT molecular complexity index is 1040. The number of nitrogens with zero attached hydrogens (tertiary/aromatic N) is 3. The van der Waals surface area contributed by atoms with Crippen molar-refractivity contribution in [1.82, 2.24) is 24.4 Å². The van der Waals surface area contributed by atoms with Crippen LogP contribution in [-0.2, 0) is 11.3 Å². The van der Waals surface area contributed by atoms with Gasteiger partial charge in [0.15, 0.2) is 11.4 Å². The van der Waals surface area contributed by atoms with E-state index < -0.39 is 35.8 Å². The van der Waals surface area contributed by atoms with Crippen LogP contribution in [0.25, 0.3) is 5.13 Å². The van der Waals surface area contributed by atoms with Crippen molar-refractivity contribution in [3.05, 3.63) is 68.7 Å². The van der Waals surface area contributed by atoms with Gasteiger partial charge in [0, 0.05) is 48.8 Å². The number of aromatic nitrogens is 4. The van der Waals surface area contributed by atoms with Gasteiger partial charge in [-0.2, -0.15) is 0 Å². The van der Waals surface area contributed by atoms with E-state index in [1.807, 2.05) is 28.3 Å². The highest BCUT2D eigenvalue weighted by atomic mass is 32.1. The average molecular weight is 405 g/mol. The zero-order valence-corrected chi connectivity index (χ0v) is 15.5. The molecule has 0 unspecified atom stereocenters. The molecule has 3 aromatic heterocycles. The molecule has 1 saturated heterocycles. The third-order valence-electron chi connectivity index (χ3n) is 4.57. The zero-order chi connectivity index (χ0) is 19.7. The monoisotopic (exact) mass is 405 g/mol. The number of hydrogen-bond donors (Lipinski definition) is 4. The molecule has 4 heterocycles. The van der Waals surface area contributed by atoms with Gasteiger partial charge in [0.25, 0.3) is 5.56 Å². The van der Waals surface area contributed by atoms with Crippen LogP contribution in [0.15, 0.2) is 51.8 Å². The molecule has 0 aromatic carbocycles. The summed E-state index contributed by atoms with van der Waals surface area (Å²) in [5.74, 6) is 0. The van der Waals surface area contributed by atoms with Gasteiger partial charge in [-0.05, 0) is 12.1 Å². The van der Waals surface area contributed by atoms with E-state index in [-0.39, 0.29) is 6.54 Å². The van der Waals surface area contributed by atoms with E-state index in [4.69, 9.17) is 4.74 Å². The minimum atomic E-state index is -1.30. The summed E-state index contributed by atoms with van der Waals surface area (Å²) in [4.78, 5) is 29.5. The standard InChI is InChI=1S/C17H19N5O5S/c23-12-3-6-22(16(26)20-12)15-14(25)13(24)11(27-15)9-18-8-10-2-1-5-21(10)17-19-4-7-28-17/h1-7,11,13-15,18,24-25H,8-9H2,(H,20,23,26)/t11-,13-,14-,15-/m1/s1. The number of H-pyrrole nitrogens is 1. The maximum atomic E-state index is 11.9. The van der Waals surface area contributed by atoms with Gasteiger partial charge in [-0.15, -0.1) is 11.3 Å². The summed E-state index contributed by atoms with van der Waals surface area (Å²) in [6.07, 6.45) is 0.613. The first-order valence-electron chi connectivity index (χ1n) is 8.64. The van der Waals surface area contributed by atoms with Crippen LogP contribution in [0.2, 0.25) is 0 Å². The van der Waals surface area contributed by atoms with E-state index in [2.05, 4.69) is 15.3 Å². The van der Waals surface area contributed by atoms with Crippen LogP contribution >= 0.6 is 11.3 Å². The second-order valence-corrected chi connectivity index (χ2v) is 7.25. The fraction of sp³-hybridized carbons (Fsp3) is 0.353. The lowest BCUT2D eigenvalue weighted by Gasteiger charge is -2.17. The number of thiazole rings is 1. The Balaban J connectivity index is 1.40. The lowest BCUT2D eigenvalue weighted by Crippen LogP contribution is -2.38. The number of aliphatic hydroxyl groups is 2. The van der Waals surface area contributed by atoms with Crippen molar-refractivity contribution in [2.24, 2.45) is 0 Å². The summed E-state index contributed by atoms with van der Waals surface area (Å²) in [5.41, 5.74) is -0.272. The molecule has 0 saturated carbocycles. The summed E-state index contributed by atoms with van der Waals surface area (Å²) >= 11 is 1.52.